The van der Waals surface area contributed by atoms with Crippen LogP contribution in [0.2, 0.25) is 10.0 Å². The predicted octanol–water partition coefficient (Wildman–Crippen LogP) is 3.29. The molecule has 5 nitrogen and oxygen atoms in total. The molecule has 116 valence electrons. The second-order valence-corrected chi connectivity index (χ2v) is 8.18. The van der Waals surface area contributed by atoms with Gasteiger partial charge in [0.15, 0.2) is 0 Å². The molecule has 0 spiro atoms. The van der Waals surface area contributed by atoms with E-state index in [4.69, 9.17) is 28.3 Å². The van der Waals surface area contributed by atoms with E-state index in [2.05, 4.69) is 20.7 Å². The predicted molar refractivity (Wildman–Crippen MR) is 83.2 cm³/mol. The van der Waals surface area contributed by atoms with E-state index in [0.29, 0.717) is 23.7 Å². The lowest BCUT2D eigenvalue weighted by Gasteiger charge is -2.18. The van der Waals surface area contributed by atoms with Crippen molar-refractivity contribution in [1.82, 2.24) is 4.72 Å². The number of benzene rings is 1. The van der Waals surface area contributed by atoms with Crippen LogP contribution < -0.4 is 4.72 Å². The van der Waals surface area contributed by atoms with Crippen LogP contribution >= 0.6 is 39.1 Å². The molecule has 1 aliphatic rings. The second-order valence-electron chi connectivity index (χ2n) is 4.80. The van der Waals surface area contributed by atoms with Crippen molar-refractivity contribution in [3.63, 3.8) is 0 Å². The summed E-state index contributed by atoms with van der Waals surface area (Å²) < 4.78 is 27.8. The van der Waals surface area contributed by atoms with E-state index in [0.717, 1.165) is 0 Å². The highest BCUT2D eigenvalue weighted by molar-refractivity contribution is 9.10. The Balaban J connectivity index is 2.33. The molecule has 0 aliphatic heterocycles. The van der Waals surface area contributed by atoms with E-state index >= 15 is 0 Å². The van der Waals surface area contributed by atoms with Crippen molar-refractivity contribution in [3.8, 4) is 0 Å². The molecular weight excluding hydrogens is 405 g/mol. The van der Waals surface area contributed by atoms with Gasteiger partial charge in [-0.25, -0.2) is 13.1 Å². The van der Waals surface area contributed by atoms with Crippen molar-refractivity contribution < 1.29 is 18.3 Å². The number of halogens is 3. The summed E-state index contributed by atoms with van der Waals surface area (Å²) in [5.74, 6) is -1.74. The quantitative estimate of drug-likeness (QED) is 0.788. The molecule has 2 rings (SSSR count). The average molecular weight is 417 g/mol. The van der Waals surface area contributed by atoms with Gasteiger partial charge in [-0.05, 0) is 25.0 Å². The van der Waals surface area contributed by atoms with Gasteiger partial charge in [-0.1, -0.05) is 45.6 Å². The lowest BCUT2D eigenvalue weighted by molar-refractivity contribution is -0.141. The molecule has 2 unspecified atom stereocenters. The first-order valence-electron chi connectivity index (χ1n) is 6.12. The number of hydrogen-bond donors (Lipinski definition) is 2. The van der Waals surface area contributed by atoms with E-state index in [1.165, 1.54) is 12.1 Å². The summed E-state index contributed by atoms with van der Waals surface area (Å²) in [6.45, 7) is 0. The Morgan fingerprint density at radius 3 is 2.38 bits per heavy atom. The van der Waals surface area contributed by atoms with E-state index in [9.17, 15) is 13.2 Å². The van der Waals surface area contributed by atoms with E-state index < -0.39 is 28.0 Å². The minimum absolute atomic E-state index is 0.0215. The lowest BCUT2D eigenvalue weighted by Crippen LogP contribution is -2.40. The first kappa shape index (κ1) is 17.0. The summed E-state index contributed by atoms with van der Waals surface area (Å²) in [5.41, 5.74) is 0. The van der Waals surface area contributed by atoms with E-state index in [-0.39, 0.29) is 14.9 Å². The van der Waals surface area contributed by atoms with Crippen LogP contribution in [0.3, 0.4) is 0 Å². The maximum atomic E-state index is 12.4. The zero-order valence-electron chi connectivity index (χ0n) is 10.6. The molecule has 9 heteroatoms. The smallest absolute Gasteiger partial charge is 0.308 e. The first-order chi connectivity index (χ1) is 9.72. The molecule has 1 saturated carbocycles. The van der Waals surface area contributed by atoms with E-state index in [1.807, 2.05) is 0 Å². The molecule has 0 amide bonds. The number of rotatable bonds is 4. The monoisotopic (exact) mass is 415 g/mol. The normalized spacial score (nSPS) is 22.4. The van der Waals surface area contributed by atoms with Crippen molar-refractivity contribution in [3.05, 3.63) is 26.7 Å². The summed E-state index contributed by atoms with van der Waals surface area (Å²) in [7, 11) is -3.99. The van der Waals surface area contributed by atoms with Gasteiger partial charge in [0.25, 0.3) is 0 Å². The Labute approximate surface area is 140 Å². The summed E-state index contributed by atoms with van der Waals surface area (Å²) in [4.78, 5) is 10.9. The Hall–Kier alpha value is -0.340. The van der Waals surface area contributed by atoms with Crippen molar-refractivity contribution in [2.24, 2.45) is 5.92 Å². The third-order valence-corrected chi connectivity index (χ3v) is 6.24. The van der Waals surface area contributed by atoms with Gasteiger partial charge in [0.2, 0.25) is 10.0 Å². The number of carboxylic acids is 1. The fraction of sp³-hybridized carbons (Fsp3) is 0.417. The molecule has 1 aromatic carbocycles. The second kappa shape index (κ2) is 6.42. The van der Waals surface area contributed by atoms with Crippen LogP contribution in [0.15, 0.2) is 21.5 Å². The number of carboxylic acid groups (broad SMARTS) is 1. The topological polar surface area (TPSA) is 83.5 Å². The summed E-state index contributed by atoms with van der Waals surface area (Å²) in [6.07, 6.45) is 1.58. The minimum atomic E-state index is -3.99. The molecular formula is C12H12BrCl2NO4S. The van der Waals surface area contributed by atoms with Gasteiger partial charge in [0.1, 0.15) is 4.90 Å². The first-order valence-corrected chi connectivity index (χ1v) is 9.15. The van der Waals surface area contributed by atoms with Crippen LogP contribution in [0.1, 0.15) is 19.3 Å². The largest absolute Gasteiger partial charge is 0.481 e. The van der Waals surface area contributed by atoms with Crippen LogP contribution in [0.25, 0.3) is 0 Å². The van der Waals surface area contributed by atoms with Gasteiger partial charge in [0, 0.05) is 10.5 Å². The number of nitrogens with one attached hydrogen (secondary N) is 1. The SMILES string of the molecule is O=C(O)C1CCCC1NS(=O)(=O)c1c(Cl)cc(Br)cc1Cl. The van der Waals surface area contributed by atoms with Crippen molar-refractivity contribution in [2.75, 3.05) is 0 Å². The molecule has 0 saturated heterocycles. The number of aliphatic carboxylic acids is 1. The van der Waals surface area contributed by atoms with Crippen molar-refractivity contribution in [1.29, 1.82) is 0 Å². The molecule has 2 N–H and O–H groups in total. The highest BCUT2D eigenvalue weighted by atomic mass is 79.9. The van der Waals surface area contributed by atoms with Gasteiger partial charge >= 0.3 is 5.97 Å². The average Bonchev–Trinajstić information content (AvgIpc) is 2.73. The number of hydrogen-bond acceptors (Lipinski definition) is 3. The zero-order valence-corrected chi connectivity index (χ0v) is 14.6. The molecule has 21 heavy (non-hydrogen) atoms. The molecule has 0 heterocycles. The Bertz CT molecular complexity index is 657. The molecule has 0 radical (unpaired) electrons. The van der Waals surface area contributed by atoms with Crippen molar-refractivity contribution >= 4 is 55.1 Å². The van der Waals surface area contributed by atoms with Gasteiger partial charge in [0.05, 0.1) is 16.0 Å². The van der Waals surface area contributed by atoms with Crippen LogP contribution in [0, 0.1) is 5.92 Å². The highest BCUT2D eigenvalue weighted by Crippen LogP contribution is 2.34. The number of sulfonamides is 1. The Morgan fingerprint density at radius 2 is 1.86 bits per heavy atom. The molecule has 1 aromatic rings. The molecule has 1 fully saturated rings. The van der Waals surface area contributed by atoms with E-state index in [1.54, 1.807) is 0 Å². The standard InChI is InChI=1S/C12H12BrCl2NO4S/c13-6-4-8(14)11(9(15)5-6)21(19,20)16-10-3-1-2-7(10)12(17)18/h4-5,7,10,16H,1-3H2,(H,17,18). The lowest BCUT2D eigenvalue weighted by atomic mass is 10.1. The fourth-order valence-corrected chi connectivity index (χ4v) is 5.69. The minimum Gasteiger partial charge on any atom is -0.481 e. The van der Waals surface area contributed by atoms with Crippen LogP contribution in [-0.4, -0.2) is 25.5 Å². The Kier molecular flexibility index (Phi) is 5.20. The third-order valence-electron chi connectivity index (χ3n) is 3.37. The van der Waals surface area contributed by atoms with Crippen LogP contribution in [-0.2, 0) is 14.8 Å². The van der Waals surface area contributed by atoms with Crippen molar-refractivity contribution in [2.45, 2.75) is 30.2 Å². The third kappa shape index (κ3) is 3.71. The molecule has 0 bridgehead atoms. The molecule has 0 aromatic heterocycles. The number of carbonyl (C=O) groups is 1. The van der Waals surface area contributed by atoms with Gasteiger partial charge in [-0.3, -0.25) is 4.79 Å². The maximum absolute atomic E-state index is 12.4. The highest BCUT2D eigenvalue weighted by Gasteiger charge is 2.36. The molecule has 2 atom stereocenters. The Morgan fingerprint density at radius 1 is 1.29 bits per heavy atom. The van der Waals surface area contributed by atoms with Crippen LogP contribution in [0.4, 0.5) is 0 Å². The molecule has 1 aliphatic carbocycles. The summed E-state index contributed by atoms with van der Waals surface area (Å²) in [5, 5.41) is 9.06. The van der Waals surface area contributed by atoms with Gasteiger partial charge in [-0.2, -0.15) is 0 Å². The van der Waals surface area contributed by atoms with Gasteiger partial charge < -0.3 is 5.11 Å². The summed E-state index contributed by atoms with van der Waals surface area (Å²) >= 11 is 15.1. The fourth-order valence-electron chi connectivity index (χ4n) is 2.44. The van der Waals surface area contributed by atoms with Crippen LogP contribution in [0.5, 0.6) is 0 Å². The summed E-state index contributed by atoms with van der Waals surface area (Å²) in [6, 6.07) is 2.19. The maximum Gasteiger partial charge on any atom is 0.308 e. The zero-order chi connectivity index (χ0) is 15.8. The van der Waals surface area contributed by atoms with Gasteiger partial charge in [-0.15, -0.1) is 0 Å².